The van der Waals surface area contributed by atoms with Gasteiger partial charge in [0.1, 0.15) is 5.75 Å². The molecule has 0 bridgehead atoms. The smallest absolute Gasteiger partial charge is 0.276 e. The number of rotatable bonds is 5. The van der Waals surface area contributed by atoms with Crippen LogP contribution in [0.3, 0.4) is 0 Å². The van der Waals surface area contributed by atoms with Gasteiger partial charge in [-0.15, -0.1) is 0 Å². The number of carbonyl (C=O) groups is 2. The first-order chi connectivity index (χ1) is 13.0. The fourth-order valence-electron chi connectivity index (χ4n) is 2.71. The van der Waals surface area contributed by atoms with Gasteiger partial charge in [-0.05, 0) is 53.4 Å². The quantitative estimate of drug-likeness (QED) is 0.685. The first-order valence-electron chi connectivity index (χ1n) is 8.77. The van der Waals surface area contributed by atoms with Crippen molar-refractivity contribution in [3.8, 4) is 5.75 Å². The lowest BCUT2D eigenvalue weighted by molar-refractivity contribution is -0.129. The van der Waals surface area contributed by atoms with E-state index in [1.165, 1.54) is 0 Å². The van der Waals surface area contributed by atoms with Crippen LogP contribution in [0.15, 0.2) is 60.7 Å². The van der Waals surface area contributed by atoms with Gasteiger partial charge in [0.2, 0.25) is 5.91 Å². The summed E-state index contributed by atoms with van der Waals surface area (Å²) < 4.78 is 5.44. The fourth-order valence-corrected chi connectivity index (χ4v) is 2.71. The van der Waals surface area contributed by atoms with Crippen molar-refractivity contribution in [2.45, 2.75) is 20.3 Å². The van der Waals surface area contributed by atoms with Crippen LogP contribution in [0.5, 0.6) is 5.75 Å². The van der Waals surface area contributed by atoms with Crippen LogP contribution in [-0.4, -0.2) is 18.4 Å². The second kappa shape index (κ2) is 8.36. The van der Waals surface area contributed by atoms with Gasteiger partial charge in [0.15, 0.2) is 6.61 Å². The topological polar surface area (TPSA) is 67.4 Å². The van der Waals surface area contributed by atoms with E-state index in [2.05, 4.69) is 10.9 Å². The van der Waals surface area contributed by atoms with Gasteiger partial charge in [-0.1, -0.05) is 48.5 Å². The molecule has 0 spiro atoms. The number of amides is 2. The summed E-state index contributed by atoms with van der Waals surface area (Å²) in [6.07, 6.45) is 0.184. The highest BCUT2D eigenvalue weighted by Crippen LogP contribution is 2.17. The molecule has 2 N–H and O–H groups in total. The molecule has 0 aliphatic carbocycles. The third-order valence-electron chi connectivity index (χ3n) is 4.37. The zero-order valence-corrected chi connectivity index (χ0v) is 15.4. The van der Waals surface area contributed by atoms with Crippen molar-refractivity contribution in [3.63, 3.8) is 0 Å². The monoisotopic (exact) mass is 362 g/mol. The van der Waals surface area contributed by atoms with E-state index in [-0.39, 0.29) is 18.9 Å². The maximum atomic E-state index is 12.0. The van der Waals surface area contributed by atoms with E-state index in [0.29, 0.717) is 5.75 Å². The summed E-state index contributed by atoms with van der Waals surface area (Å²) in [5.41, 5.74) is 7.93. The minimum Gasteiger partial charge on any atom is -0.484 e. The van der Waals surface area contributed by atoms with Gasteiger partial charge < -0.3 is 4.74 Å². The average molecular weight is 362 g/mol. The molecule has 3 aromatic rings. The van der Waals surface area contributed by atoms with Crippen molar-refractivity contribution in [1.29, 1.82) is 0 Å². The Morgan fingerprint density at radius 1 is 0.815 bits per heavy atom. The Labute approximate surface area is 158 Å². The fraction of sp³-hybridized carbons (Fsp3) is 0.182. The molecule has 0 aliphatic rings. The first kappa shape index (κ1) is 18.5. The summed E-state index contributed by atoms with van der Waals surface area (Å²) in [4.78, 5) is 23.9. The van der Waals surface area contributed by atoms with Gasteiger partial charge in [0.05, 0.1) is 6.42 Å². The number of fused-ring (bicyclic) bond motifs is 1. The van der Waals surface area contributed by atoms with E-state index in [9.17, 15) is 9.59 Å². The molecule has 0 aromatic heterocycles. The first-order valence-corrected chi connectivity index (χ1v) is 8.77. The lowest BCUT2D eigenvalue weighted by atomic mass is 10.1. The van der Waals surface area contributed by atoms with Crippen molar-refractivity contribution >= 4 is 22.6 Å². The third kappa shape index (κ3) is 5.07. The predicted molar refractivity (Wildman–Crippen MR) is 105 cm³/mol. The van der Waals surface area contributed by atoms with Crippen LogP contribution in [0, 0.1) is 13.8 Å². The van der Waals surface area contributed by atoms with Crippen LogP contribution in [0.2, 0.25) is 0 Å². The highest BCUT2D eigenvalue weighted by Gasteiger charge is 2.08. The van der Waals surface area contributed by atoms with Gasteiger partial charge >= 0.3 is 0 Å². The summed E-state index contributed by atoms with van der Waals surface area (Å²) in [5.74, 6) is -0.0827. The van der Waals surface area contributed by atoms with E-state index in [0.717, 1.165) is 27.5 Å². The van der Waals surface area contributed by atoms with Gasteiger partial charge in [-0.25, -0.2) is 0 Å². The van der Waals surface area contributed by atoms with Crippen molar-refractivity contribution in [2.24, 2.45) is 0 Å². The van der Waals surface area contributed by atoms with Crippen molar-refractivity contribution in [1.82, 2.24) is 10.9 Å². The normalized spacial score (nSPS) is 10.4. The Morgan fingerprint density at radius 2 is 1.56 bits per heavy atom. The molecule has 3 aromatic carbocycles. The summed E-state index contributed by atoms with van der Waals surface area (Å²) >= 11 is 0. The predicted octanol–water partition coefficient (Wildman–Crippen LogP) is 3.23. The molecule has 3 rings (SSSR count). The SMILES string of the molecule is Cc1ccc(OCC(=O)NNC(=O)Cc2ccc3ccccc3c2)cc1C. The molecule has 0 fully saturated rings. The Balaban J connectivity index is 1.46. The summed E-state index contributed by atoms with van der Waals surface area (Å²) in [5, 5.41) is 2.20. The molecule has 138 valence electrons. The molecule has 0 unspecified atom stereocenters. The van der Waals surface area contributed by atoms with E-state index >= 15 is 0 Å². The largest absolute Gasteiger partial charge is 0.484 e. The zero-order chi connectivity index (χ0) is 19.2. The molecular weight excluding hydrogens is 340 g/mol. The number of hydrogen-bond acceptors (Lipinski definition) is 3. The molecule has 0 atom stereocenters. The molecule has 0 aliphatic heterocycles. The second-order valence-electron chi connectivity index (χ2n) is 6.49. The second-order valence-corrected chi connectivity index (χ2v) is 6.49. The van der Waals surface area contributed by atoms with Gasteiger partial charge in [0.25, 0.3) is 5.91 Å². The highest BCUT2D eigenvalue weighted by molar-refractivity contribution is 5.86. The number of hydrazine groups is 1. The Bertz CT molecular complexity index is 982. The lowest BCUT2D eigenvalue weighted by Gasteiger charge is -2.10. The lowest BCUT2D eigenvalue weighted by Crippen LogP contribution is -2.44. The van der Waals surface area contributed by atoms with E-state index in [1.54, 1.807) is 0 Å². The maximum absolute atomic E-state index is 12.0. The Kier molecular flexibility index (Phi) is 5.71. The minimum atomic E-state index is -0.417. The Hall–Kier alpha value is -3.34. The highest BCUT2D eigenvalue weighted by atomic mass is 16.5. The minimum absolute atomic E-state index is 0.168. The standard InChI is InChI=1S/C22H22N2O3/c1-15-7-10-20(11-16(15)2)27-14-22(26)24-23-21(25)13-17-8-9-18-5-3-4-6-19(18)12-17/h3-12H,13-14H2,1-2H3,(H,23,25)(H,24,26). The molecule has 0 saturated carbocycles. The van der Waals surface area contributed by atoms with Gasteiger partial charge in [-0.2, -0.15) is 0 Å². The van der Waals surface area contributed by atoms with Gasteiger partial charge in [-0.3, -0.25) is 20.4 Å². The summed E-state index contributed by atoms with van der Waals surface area (Å²) in [7, 11) is 0. The number of carbonyl (C=O) groups excluding carboxylic acids is 2. The van der Waals surface area contributed by atoms with E-state index < -0.39 is 5.91 Å². The Morgan fingerprint density at radius 3 is 2.33 bits per heavy atom. The molecule has 27 heavy (non-hydrogen) atoms. The van der Waals surface area contributed by atoms with Crippen LogP contribution in [0.1, 0.15) is 16.7 Å². The number of hydrogen-bond donors (Lipinski definition) is 2. The van der Waals surface area contributed by atoms with Crippen LogP contribution in [0.4, 0.5) is 0 Å². The third-order valence-corrected chi connectivity index (χ3v) is 4.37. The van der Waals surface area contributed by atoms with Crippen LogP contribution < -0.4 is 15.6 Å². The number of benzene rings is 3. The molecule has 2 amide bonds. The molecular formula is C22H22N2O3. The number of ether oxygens (including phenoxy) is 1. The molecule has 5 heteroatoms. The number of nitrogens with one attached hydrogen (secondary N) is 2. The maximum Gasteiger partial charge on any atom is 0.276 e. The van der Waals surface area contributed by atoms with Crippen molar-refractivity contribution < 1.29 is 14.3 Å². The summed E-state index contributed by atoms with van der Waals surface area (Å²) in [6, 6.07) is 19.5. The number of aryl methyl sites for hydroxylation is 2. The molecule has 5 nitrogen and oxygen atoms in total. The van der Waals surface area contributed by atoms with Crippen molar-refractivity contribution in [3.05, 3.63) is 77.4 Å². The van der Waals surface area contributed by atoms with E-state index in [4.69, 9.17) is 4.74 Å². The average Bonchev–Trinajstić information content (AvgIpc) is 2.67. The van der Waals surface area contributed by atoms with Crippen molar-refractivity contribution in [2.75, 3.05) is 6.61 Å². The van der Waals surface area contributed by atoms with E-state index in [1.807, 2.05) is 74.5 Å². The molecule has 0 heterocycles. The van der Waals surface area contributed by atoms with Crippen LogP contribution in [-0.2, 0) is 16.0 Å². The molecule has 0 saturated heterocycles. The van der Waals surface area contributed by atoms with Crippen LogP contribution in [0.25, 0.3) is 10.8 Å². The summed E-state index contributed by atoms with van der Waals surface area (Å²) in [6.45, 7) is 3.82. The molecule has 0 radical (unpaired) electrons. The zero-order valence-electron chi connectivity index (χ0n) is 15.4. The van der Waals surface area contributed by atoms with Crippen LogP contribution >= 0.6 is 0 Å². The van der Waals surface area contributed by atoms with Gasteiger partial charge in [0, 0.05) is 0 Å².